The van der Waals surface area contributed by atoms with E-state index in [0.29, 0.717) is 6.54 Å². The number of fused-ring (bicyclic) bond motifs is 1. The van der Waals surface area contributed by atoms with Crippen LogP contribution in [0.4, 0.5) is 0 Å². The monoisotopic (exact) mass is 320 g/mol. The molecule has 0 spiro atoms. The molecular weight excluding hydrogens is 296 g/mol. The van der Waals surface area contributed by atoms with Crippen LogP contribution in [0, 0.1) is 5.41 Å². The number of H-pyrrole nitrogens is 1. The molecule has 0 fully saturated rings. The first-order valence-electron chi connectivity index (χ1n) is 8.36. The third kappa shape index (κ3) is 3.35. The molecule has 3 rings (SSSR count). The third-order valence-electron chi connectivity index (χ3n) is 4.35. The van der Waals surface area contributed by atoms with Gasteiger partial charge < -0.3 is 10.3 Å². The molecule has 24 heavy (non-hydrogen) atoms. The minimum absolute atomic E-state index is 0.0725. The van der Waals surface area contributed by atoms with Gasteiger partial charge in [-0.25, -0.2) is 0 Å². The average molecular weight is 320 g/mol. The van der Waals surface area contributed by atoms with E-state index < -0.39 is 0 Å². The fraction of sp³-hybridized carbons (Fsp3) is 0.286. The van der Waals surface area contributed by atoms with Gasteiger partial charge in [0.25, 0.3) is 0 Å². The highest BCUT2D eigenvalue weighted by atomic mass is 16.2. The highest BCUT2D eigenvalue weighted by Gasteiger charge is 2.24. The van der Waals surface area contributed by atoms with Gasteiger partial charge in [-0.05, 0) is 17.2 Å². The van der Waals surface area contributed by atoms with Crippen molar-refractivity contribution in [1.29, 1.82) is 0 Å². The first-order chi connectivity index (χ1) is 11.5. The number of para-hydroxylation sites is 1. The summed E-state index contributed by atoms with van der Waals surface area (Å²) < 4.78 is 0. The van der Waals surface area contributed by atoms with E-state index in [2.05, 4.69) is 46.8 Å². The number of hydrogen-bond acceptors (Lipinski definition) is 1. The van der Waals surface area contributed by atoms with Gasteiger partial charge in [0.15, 0.2) is 0 Å². The Bertz CT molecular complexity index is 828. The summed E-state index contributed by atoms with van der Waals surface area (Å²) in [5, 5.41) is 4.33. The van der Waals surface area contributed by atoms with Crippen molar-refractivity contribution in [3.05, 3.63) is 71.9 Å². The van der Waals surface area contributed by atoms with Crippen LogP contribution in [0.5, 0.6) is 0 Å². The number of nitrogens with one attached hydrogen (secondary N) is 2. The third-order valence-corrected chi connectivity index (χ3v) is 4.35. The predicted octanol–water partition coefficient (Wildman–Crippen LogP) is 4.46. The Morgan fingerprint density at radius 1 is 1.04 bits per heavy atom. The minimum Gasteiger partial charge on any atom is -0.361 e. The van der Waals surface area contributed by atoms with E-state index in [1.807, 2.05) is 45.0 Å². The van der Waals surface area contributed by atoms with E-state index in [1.54, 1.807) is 0 Å². The van der Waals surface area contributed by atoms with Crippen molar-refractivity contribution in [2.45, 2.75) is 26.7 Å². The molecule has 0 aliphatic heterocycles. The van der Waals surface area contributed by atoms with E-state index in [-0.39, 0.29) is 17.2 Å². The Hall–Kier alpha value is -2.55. The molecule has 1 unspecified atom stereocenters. The first-order valence-corrected chi connectivity index (χ1v) is 8.36. The van der Waals surface area contributed by atoms with Crippen molar-refractivity contribution in [1.82, 2.24) is 10.3 Å². The molecule has 0 radical (unpaired) electrons. The Morgan fingerprint density at radius 3 is 2.42 bits per heavy atom. The van der Waals surface area contributed by atoms with Gasteiger partial charge in [-0.1, -0.05) is 69.3 Å². The standard InChI is InChI=1S/C21H24N2O/c1-21(2,3)20(24)23-13-17(15-9-5-4-6-10-15)18-14-22-19-12-8-7-11-16(18)19/h4-12,14,17,22H,13H2,1-3H3,(H,23,24). The topological polar surface area (TPSA) is 44.9 Å². The summed E-state index contributed by atoms with van der Waals surface area (Å²) in [6.07, 6.45) is 2.06. The molecule has 1 heterocycles. The van der Waals surface area contributed by atoms with Crippen molar-refractivity contribution in [2.24, 2.45) is 5.41 Å². The molecule has 0 aliphatic rings. The maximum atomic E-state index is 12.3. The lowest BCUT2D eigenvalue weighted by Crippen LogP contribution is -2.37. The largest absolute Gasteiger partial charge is 0.361 e. The Morgan fingerprint density at radius 2 is 1.71 bits per heavy atom. The molecule has 2 aromatic carbocycles. The second-order valence-corrected chi connectivity index (χ2v) is 7.21. The van der Waals surface area contributed by atoms with Crippen LogP contribution in [-0.4, -0.2) is 17.4 Å². The zero-order valence-electron chi connectivity index (χ0n) is 14.5. The number of aromatic amines is 1. The summed E-state index contributed by atoms with van der Waals surface area (Å²) in [7, 11) is 0. The Balaban J connectivity index is 1.96. The van der Waals surface area contributed by atoms with E-state index in [4.69, 9.17) is 0 Å². The summed E-state index contributed by atoms with van der Waals surface area (Å²) in [6, 6.07) is 18.6. The molecule has 0 saturated heterocycles. The van der Waals surface area contributed by atoms with E-state index >= 15 is 0 Å². The van der Waals surface area contributed by atoms with E-state index in [1.165, 1.54) is 16.5 Å². The predicted molar refractivity (Wildman–Crippen MR) is 99.0 cm³/mol. The van der Waals surface area contributed by atoms with Crippen LogP contribution in [0.25, 0.3) is 10.9 Å². The molecule has 1 atom stereocenters. The van der Waals surface area contributed by atoms with Crippen LogP contribution in [0.2, 0.25) is 0 Å². The number of hydrogen-bond donors (Lipinski definition) is 2. The molecule has 3 heteroatoms. The second-order valence-electron chi connectivity index (χ2n) is 7.21. The fourth-order valence-corrected chi connectivity index (χ4v) is 2.93. The summed E-state index contributed by atoms with van der Waals surface area (Å²) in [6.45, 7) is 6.39. The van der Waals surface area contributed by atoms with Gasteiger partial charge in [-0.15, -0.1) is 0 Å². The number of amides is 1. The molecule has 0 aliphatic carbocycles. The summed E-state index contributed by atoms with van der Waals surface area (Å²) in [4.78, 5) is 15.7. The van der Waals surface area contributed by atoms with Gasteiger partial charge in [-0.2, -0.15) is 0 Å². The van der Waals surface area contributed by atoms with E-state index in [0.717, 1.165) is 5.52 Å². The van der Waals surface area contributed by atoms with Crippen LogP contribution < -0.4 is 5.32 Å². The number of carbonyl (C=O) groups excluding carboxylic acids is 1. The zero-order chi connectivity index (χ0) is 17.2. The minimum atomic E-state index is -0.387. The summed E-state index contributed by atoms with van der Waals surface area (Å²) in [5.41, 5.74) is 3.15. The zero-order valence-corrected chi connectivity index (χ0v) is 14.5. The van der Waals surface area contributed by atoms with Crippen LogP contribution in [0.15, 0.2) is 60.8 Å². The van der Waals surface area contributed by atoms with Gasteiger partial charge in [0.05, 0.1) is 0 Å². The van der Waals surface area contributed by atoms with Gasteiger partial charge in [0.1, 0.15) is 0 Å². The lowest BCUT2D eigenvalue weighted by Gasteiger charge is -2.22. The Kier molecular flexibility index (Phi) is 4.43. The number of aromatic nitrogens is 1. The highest BCUT2D eigenvalue weighted by Crippen LogP contribution is 2.30. The quantitative estimate of drug-likeness (QED) is 0.732. The van der Waals surface area contributed by atoms with Gasteiger partial charge in [-0.3, -0.25) is 4.79 Å². The van der Waals surface area contributed by atoms with Crippen molar-refractivity contribution < 1.29 is 4.79 Å². The molecule has 3 aromatic rings. The molecule has 2 N–H and O–H groups in total. The van der Waals surface area contributed by atoms with Crippen LogP contribution in [-0.2, 0) is 4.79 Å². The molecule has 124 valence electrons. The lowest BCUT2D eigenvalue weighted by molar-refractivity contribution is -0.128. The van der Waals surface area contributed by atoms with Crippen molar-refractivity contribution in [2.75, 3.05) is 6.54 Å². The van der Waals surface area contributed by atoms with Crippen LogP contribution in [0.1, 0.15) is 37.8 Å². The SMILES string of the molecule is CC(C)(C)C(=O)NCC(c1ccccc1)c1c[nH]c2ccccc12. The molecule has 1 aromatic heterocycles. The molecule has 1 amide bonds. The normalized spacial score (nSPS) is 13.0. The molecular formula is C21H24N2O. The number of rotatable bonds is 4. The highest BCUT2D eigenvalue weighted by molar-refractivity contribution is 5.85. The number of benzene rings is 2. The second kappa shape index (κ2) is 6.52. The smallest absolute Gasteiger partial charge is 0.225 e. The molecule has 3 nitrogen and oxygen atoms in total. The van der Waals surface area contributed by atoms with Crippen molar-refractivity contribution in [3.63, 3.8) is 0 Å². The van der Waals surface area contributed by atoms with E-state index in [9.17, 15) is 4.79 Å². The maximum absolute atomic E-state index is 12.3. The lowest BCUT2D eigenvalue weighted by atomic mass is 9.90. The first kappa shape index (κ1) is 16.3. The number of carbonyl (C=O) groups is 1. The molecule has 0 bridgehead atoms. The van der Waals surface area contributed by atoms with Crippen molar-refractivity contribution in [3.8, 4) is 0 Å². The summed E-state index contributed by atoms with van der Waals surface area (Å²) in [5.74, 6) is 0.192. The molecule has 0 saturated carbocycles. The maximum Gasteiger partial charge on any atom is 0.225 e. The van der Waals surface area contributed by atoms with Crippen LogP contribution >= 0.6 is 0 Å². The summed E-state index contributed by atoms with van der Waals surface area (Å²) >= 11 is 0. The fourth-order valence-electron chi connectivity index (χ4n) is 2.93. The van der Waals surface area contributed by atoms with Crippen LogP contribution in [0.3, 0.4) is 0 Å². The van der Waals surface area contributed by atoms with Gasteiger partial charge in [0, 0.05) is 35.0 Å². The van der Waals surface area contributed by atoms with Gasteiger partial charge in [0.2, 0.25) is 5.91 Å². The van der Waals surface area contributed by atoms with Crippen molar-refractivity contribution >= 4 is 16.8 Å². The Labute approximate surface area is 143 Å². The van der Waals surface area contributed by atoms with Gasteiger partial charge >= 0.3 is 0 Å². The average Bonchev–Trinajstić information content (AvgIpc) is 2.99.